The molecule has 0 aliphatic heterocycles. The Morgan fingerprint density at radius 1 is 1.16 bits per heavy atom. The van der Waals surface area contributed by atoms with Crippen molar-refractivity contribution < 1.29 is 0 Å². The van der Waals surface area contributed by atoms with Gasteiger partial charge < -0.3 is 10.6 Å². The van der Waals surface area contributed by atoms with Crippen molar-refractivity contribution >= 4 is 21.6 Å². The average Bonchev–Trinajstić information content (AvgIpc) is 2.23. The summed E-state index contributed by atoms with van der Waals surface area (Å²) in [5, 5.41) is 0. The van der Waals surface area contributed by atoms with E-state index in [-0.39, 0.29) is 0 Å². The van der Waals surface area contributed by atoms with Crippen LogP contribution in [0, 0.1) is 5.92 Å². The van der Waals surface area contributed by atoms with E-state index in [0.717, 1.165) is 36.3 Å². The van der Waals surface area contributed by atoms with Gasteiger partial charge >= 0.3 is 0 Å². The Kier molecular flexibility index (Phi) is 6.83. The van der Waals surface area contributed by atoms with E-state index in [1.165, 1.54) is 5.56 Å². The molecule has 108 valence electrons. The van der Waals surface area contributed by atoms with E-state index in [1.807, 2.05) is 6.07 Å². The molecule has 0 amide bonds. The number of anilines is 1. The van der Waals surface area contributed by atoms with E-state index in [2.05, 4.69) is 65.8 Å². The van der Waals surface area contributed by atoms with Crippen LogP contribution in [-0.2, 0) is 6.54 Å². The number of hydrogen-bond acceptors (Lipinski definition) is 3. The molecular weight excluding hydrogens is 302 g/mol. The molecule has 0 unspecified atom stereocenters. The summed E-state index contributed by atoms with van der Waals surface area (Å²) in [7, 11) is 4.23. The molecule has 0 aliphatic rings. The van der Waals surface area contributed by atoms with Gasteiger partial charge in [-0.25, -0.2) is 0 Å². The first kappa shape index (κ1) is 16.5. The molecule has 0 fully saturated rings. The highest BCUT2D eigenvalue weighted by Crippen LogP contribution is 2.19. The standard InChI is InChI=1S/C15H26BrN3/c1-12(2)10-19(6-5-18(3)4)11-13-7-14(16)9-15(17)8-13/h7-9,12H,5-6,10-11,17H2,1-4H3. The van der Waals surface area contributed by atoms with Crippen LogP contribution in [0.15, 0.2) is 22.7 Å². The van der Waals surface area contributed by atoms with Crippen molar-refractivity contribution in [3.63, 3.8) is 0 Å². The second-order valence-corrected chi connectivity index (χ2v) is 6.74. The summed E-state index contributed by atoms with van der Waals surface area (Å²) in [6, 6.07) is 6.16. The molecule has 0 aliphatic carbocycles. The van der Waals surface area contributed by atoms with Gasteiger partial charge in [0.15, 0.2) is 0 Å². The van der Waals surface area contributed by atoms with Crippen molar-refractivity contribution in [1.82, 2.24) is 9.80 Å². The second kappa shape index (κ2) is 7.88. The van der Waals surface area contributed by atoms with E-state index < -0.39 is 0 Å². The fourth-order valence-corrected chi connectivity index (χ4v) is 2.68. The molecule has 1 aromatic rings. The van der Waals surface area contributed by atoms with Crippen LogP contribution in [0.4, 0.5) is 5.69 Å². The van der Waals surface area contributed by atoms with Crippen molar-refractivity contribution in [2.75, 3.05) is 39.5 Å². The summed E-state index contributed by atoms with van der Waals surface area (Å²) in [6.45, 7) is 8.75. The zero-order valence-corrected chi connectivity index (χ0v) is 14.1. The zero-order valence-electron chi connectivity index (χ0n) is 12.5. The highest BCUT2D eigenvalue weighted by atomic mass is 79.9. The van der Waals surface area contributed by atoms with Crippen LogP contribution in [0.2, 0.25) is 0 Å². The minimum atomic E-state index is 0.673. The van der Waals surface area contributed by atoms with Crippen molar-refractivity contribution in [1.29, 1.82) is 0 Å². The zero-order chi connectivity index (χ0) is 14.4. The van der Waals surface area contributed by atoms with E-state index in [9.17, 15) is 0 Å². The van der Waals surface area contributed by atoms with Crippen molar-refractivity contribution in [2.24, 2.45) is 5.92 Å². The smallest absolute Gasteiger partial charge is 0.0328 e. The van der Waals surface area contributed by atoms with Gasteiger partial charge in [-0.2, -0.15) is 0 Å². The molecule has 0 atom stereocenters. The number of nitrogen functional groups attached to an aromatic ring is 1. The molecule has 1 rings (SSSR count). The molecule has 1 aromatic carbocycles. The summed E-state index contributed by atoms with van der Waals surface area (Å²) in [5.41, 5.74) is 7.99. The van der Waals surface area contributed by atoms with Gasteiger partial charge in [0.25, 0.3) is 0 Å². The maximum absolute atomic E-state index is 5.90. The van der Waals surface area contributed by atoms with E-state index in [0.29, 0.717) is 5.92 Å². The number of halogens is 1. The first-order valence-electron chi connectivity index (χ1n) is 6.79. The Hall–Kier alpha value is -0.580. The number of rotatable bonds is 7. The molecule has 0 saturated heterocycles. The van der Waals surface area contributed by atoms with Crippen LogP contribution in [-0.4, -0.2) is 43.5 Å². The molecule has 3 nitrogen and oxygen atoms in total. The molecule has 4 heteroatoms. The predicted octanol–water partition coefficient (Wildman–Crippen LogP) is 3.05. The van der Waals surface area contributed by atoms with Crippen LogP contribution in [0.1, 0.15) is 19.4 Å². The molecular formula is C15H26BrN3. The topological polar surface area (TPSA) is 32.5 Å². The fraction of sp³-hybridized carbons (Fsp3) is 0.600. The molecule has 2 N–H and O–H groups in total. The highest BCUT2D eigenvalue weighted by Gasteiger charge is 2.09. The van der Waals surface area contributed by atoms with Crippen molar-refractivity contribution in [3.8, 4) is 0 Å². The van der Waals surface area contributed by atoms with Crippen LogP contribution in [0.25, 0.3) is 0 Å². The summed E-state index contributed by atoms with van der Waals surface area (Å²) < 4.78 is 1.06. The third-order valence-electron chi connectivity index (χ3n) is 2.87. The molecule has 0 saturated carbocycles. The quantitative estimate of drug-likeness (QED) is 0.781. The first-order valence-corrected chi connectivity index (χ1v) is 7.58. The van der Waals surface area contributed by atoms with E-state index >= 15 is 0 Å². The SMILES string of the molecule is CC(C)CN(CCN(C)C)Cc1cc(N)cc(Br)c1. The van der Waals surface area contributed by atoms with Gasteiger partial charge in [0.2, 0.25) is 0 Å². The molecule has 0 aromatic heterocycles. The first-order chi connectivity index (χ1) is 8.86. The average molecular weight is 328 g/mol. The molecule has 0 bridgehead atoms. The lowest BCUT2D eigenvalue weighted by molar-refractivity contribution is 0.212. The monoisotopic (exact) mass is 327 g/mol. The van der Waals surface area contributed by atoms with Crippen LogP contribution in [0.5, 0.6) is 0 Å². The van der Waals surface area contributed by atoms with Crippen LogP contribution >= 0.6 is 15.9 Å². The van der Waals surface area contributed by atoms with Crippen molar-refractivity contribution in [2.45, 2.75) is 20.4 Å². The maximum Gasteiger partial charge on any atom is 0.0328 e. The predicted molar refractivity (Wildman–Crippen MR) is 87.2 cm³/mol. The fourth-order valence-electron chi connectivity index (χ4n) is 2.12. The number of hydrogen-bond donors (Lipinski definition) is 1. The summed E-state index contributed by atoms with van der Waals surface area (Å²) in [5.74, 6) is 0.673. The Labute approximate surface area is 125 Å². The minimum absolute atomic E-state index is 0.673. The second-order valence-electron chi connectivity index (χ2n) is 5.83. The van der Waals surface area contributed by atoms with Crippen LogP contribution < -0.4 is 5.73 Å². The minimum Gasteiger partial charge on any atom is -0.399 e. The third-order valence-corrected chi connectivity index (χ3v) is 3.33. The molecule has 0 spiro atoms. The highest BCUT2D eigenvalue weighted by molar-refractivity contribution is 9.10. The largest absolute Gasteiger partial charge is 0.399 e. The van der Waals surface area contributed by atoms with Crippen molar-refractivity contribution in [3.05, 3.63) is 28.2 Å². The molecule has 0 heterocycles. The lowest BCUT2D eigenvalue weighted by atomic mass is 10.1. The Bertz CT molecular complexity index is 371. The van der Waals surface area contributed by atoms with Gasteiger partial charge in [0.05, 0.1) is 0 Å². The normalized spacial score (nSPS) is 11.8. The Morgan fingerprint density at radius 2 is 1.84 bits per heavy atom. The Balaban J connectivity index is 2.69. The van der Waals surface area contributed by atoms with Gasteiger partial charge in [-0.05, 0) is 43.8 Å². The lowest BCUT2D eigenvalue weighted by Crippen LogP contribution is -2.34. The van der Waals surface area contributed by atoms with Gasteiger partial charge in [-0.15, -0.1) is 0 Å². The summed E-state index contributed by atoms with van der Waals surface area (Å²) in [6.07, 6.45) is 0. The van der Waals surface area contributed by atoms with E-state index in [4.69, 9.17) is 5.73 Å². The Morgan fingerprint density at radius 3 is 2.37 bits per heavy atom. The van der Waals surface area contributed by atoms with Gasteiger partial charge in [-0.1, -0.05) is 29.8 Å². The maximum atomic E-state index is 5.90. The number of nitrogens with two attached hydrogens (primary N) is 1. The third kappa shape index (κ3) is 6.95. The number of nitrogens with zero attached hydrogens (tertiary/aromatic N) is 2. The number of benzene rings is 1. The lowest BCUT2D eigenvalue weighted by Gasteiger charge is -2.26. The van der Waals surface area contributed by atoms with Gasteiger partial charge in [-0.3, -0.25) is 4.90 Å². The van der Waals surface area contributed by atoms with E-state index in [1.54, 1.807) is 0 Å². The van der Waals surface area contributed by atoms with Crippen LogP contribution in [0.3, 0.4) is 0 Å². The summed E-state index contributed by atoms with van der Waals surface area (Å²) in [4.78, 5) is 4.72. The van der Waals surface area contributed by atoms with Gasteiger partial charge in [0.1, 0.15) is 0 Å². The van der Waals surface area contributed by atoms with Gasteiger partial charge in [0, 0.05) is 36.3 Å². The number of likely N-dealkylation sites (N-methyl/N-ethyl adjacent to an activating group) is 1. The molecule has 19 heavy (non-hydrogen) atoms. The summed E-state index contributed by atoms with van der Waals surface area (Å²) >= 11 is 3.51. The molecule has 0 radical (unpaired) electrons.